The number of hydrogen-bond donors (Lipinski definition) is 1. The third kappa shape index (κ3) is 5.10. The van der Waals surface area contributed by atoms with Crippen LogP contribution < -0.4 is 5.32 Å². The van der Waals surface area contributed by atoms with Crippen LogP contribution in [-0.2, 0) is 14.3 Å². The van der Waals surface area contributed by atoms with Gasteiger partial charge in [-0.05, 0) is 38.0 Å². The maximum atomic E-state index is 11.7. The molecule has 1 N–H and O–H groups in total. The molecule has 1 amide bonds. The van der Waals surface area contributed by atoms with Crippen molar-refractivity contribution >= 4 is 17.6 Å². The Hall–Kier alpha value is -2.36. The van der Waals surface area contributed by atoms with E-state index < -0.39 is 5.97 Å². The Morgan fingerprint density at radius 1 is 1.25 bits per heavy atom. The van der Waals surface area contributed by atoms with Crippen molar-refractivity contribution in [3.8, 4) is 0 Å². The van der Waals surface area contributed by atoms with Gasteiger partial charge in [0, 0.05) is 11.8 Å². The minimum atomic E-state index is -0.542. The van der Waals surface area contributed by atoms with Crippen LogP contribution in [0.5, 0.6) is 0 Å². The minimum absolute atomic E-state index is 0.299. The van der Waals surface area contributed by atoms with Crippen LogP contribution in [0.2, 0.25) is 0 Å². The van der Waals surface area contributed by atoms with Crippen molar-refractivity contribution in [3.63, 3.8) is 0 Å². The number of ether oxygens (including phenoxy) is 1. The first-order chi connectivity index (χ1) is 9.54. The molecular weight excluding hydrogens is 254 g/mol. The number of anilines is 1. The summed E-state index contributed by atoms with van der Waals surface area (Å²) in [6.07, 6.45) is 6.32. The molecule has 20 heavy (non-hydrogen) atoms. The van der Waals surface area contributed by atoms with E-state index in [1.165, 1.54) is 6.08 Å². The van der Waals surface area contributed by atoms with E-state index in [4.69, 9.17) is 4.74 Å². The number of esters is 1. The molecular formula is C16H19NO3. The number of rotatable bonds is 5. The quantitative estimate of drug-likeness (QED) is 0.510. The summed E-state index contributed by atoms with van der Waals surface area (Å²) in [6, 6.07) is 5.65. The van der Waals surface area contributed by atoms with Gasteiger partial charge in [0.15, 0.2) is 6.61 Å². The van der Waals surface area contributed by atoms with Gasteiger partial charge in [-0.3, -0.25) is 4.79 Å². The topological polar surface area (TPSA) is 55.4 Å². The molecule has 0 unspecified atom stereocenters. The second-order valence-corrected chi connectivity index (χ2v) is 4.29. The summed E-state index contributed by atoms with van der Waals surface area (Å²) in [5.74, 6) is -0.898. The van der Waals surface area contributed by atoms with E-state index in [1.807, 2.05) is 39.0 Å². The molecule has 0 aliphatic heterocycles. The Kier molecular flexibility index (Phi) is 6.23. The van der Waals surface area contributed by atoms with E-state index in [2.05, 4.69) is 5.32 Å². The minimum Gasteiger partial charge on any atom is -0.452 e. The highest BCUT2D eigenvalue weighted by molar-refractivity contribution is 5.94. The van der Waals surface area contributed by atoms with Crippen molar-refractivity contribution in [2.45, 2.75) is 20.8 Å². The highest BCUT2D eigenvalue weighted by Gasteiger charge is 2.07. The highest BCUT2D eigenvalue weighted by Crippen LogP contribution is 2.17. The molecule has 0 fully saturated rings. The molecule has 4 nitrogen and oxygen atoms in total. The number of carbonyl (C=O) groups is 2. The second kappa shape index (κ2) is 7.94. The molecule has 0 saturated heterocycles. The fourth-order valence-corrected chi connectivity index (χ4v) is 1.50. The SMILES string of the molecule is C/C=C/C=C/C(=O)OCC(=O)Nc1cccc(C)c1C. The molecule has 1 aromatic carbocycles. The zero-order valence-electron chi connectivity index (χ0n) is 12.0. The first-order valence-corrected chi connectivity index (χ1v) is 6.36. The number of allylic oxidation sites excluding steroid dienone is 3. The molecule has 1 aromatic rings. The average molecular weight is 273 g/mol. The van der Waals surface area contributed by atoms with Gasteiger partial charge in [0.25, 0.3) is 5.91 Å². The Labute approximate surface area is 119 Å². The van der Waals surface area contributed by atoms with Crippen LogP contribution in [0.1, 0.15) is 18.1 Å². The summed E-state index contributed by atoms with van der Waals surface area (Å²) >= 11 is 0. The van der Waals surface area contributed by atoms with Crippen molar-refractivity contribution in [1.29, 1.82) is 0 Å². The molecule has 4 heteroatoms. The molecule has 0 radical (unpaired) electrons. The average Bonchev–Trinajstić information content (AvgIpc) is 2.42. The van der Waals surface area contributed by atoms with Crippen molar-refractivity contribution in [2.75, 3.05) is 11.9 Å². The van der Waals surface area contributed by atoms with E-state index in [1.54, 1.807) is 18.2 Å². The summed E-state index contributed by atoms with van der Waals surface area (Å²) < 4.78 is 4.82. The van der Waals surface area contributed by atoms with Crippen LogP contribution in [0.4, 0.5) is 5.69 Å². The third-order valence-corrected chi connectivity index (χ3v) is 2.76. The molecule has 0 aliphatic carbocycles. The van der Waals surface area contributed by atoms with Crippen molar-refractivity contribution < 1.29 is 14.3 Å². The Balaban J connectivity index is 2.48. The lowest BCUT2D eigenvalue weighted by molar-refractivity contribution is -0.142. The van der Waals surface area contributed by atoms with Crippen LogP contribution in [0.3, 0.4) is 0 Å². The standard InChI is InChI=1S/C16H19NO3/c1-4-5-6-10-16(19)20-11-15(18)17-14-9-7-8-12(2)13(14)3/h4-10H,11H2,1-3H3,(H,17,18)/b5-4+,10-6+. The van der Waals surface area contributed by atoms with Gasteiger partial charge < -0.3 is 10.1 Å². The number of nitrogens with one attached hydrogen (secondary N) is 1. The van der Waals surface area contributed by atoms with Crippen molar-refractivity contribution in [1.82, 2.24) is 0 Å². The lowest BCUT2D eigenvalue weighted by Gasteiger charge is -2.10. The van der Waals surface area contributed by atoms with Gasteiger partial charge in [0.2, 0.25) is 0 Å². The maximum Gasteiger partial charge on any atom is 0.331 e. The Morgan fingerprint density at radius 2 is 2.00 bits per heavy atom. The van der Waals surface area contributed by atoms with Crippen LogP contribution >= 0.6 is 0 Å². The molecule has 0 aliphatic rings. The van der Waals surface area contributed by atoms with Gasteiger partial charge in [-0.15, -0.1) is 0 Å². The van der Waals surface area contributed by atoms with E-state index in [9.17, 15) is 9.59 Å². The van der Waals surface area contributed by atoms with Gasteiger partial charge in [-0.25, -0.2) is 4.79 Å². The Bertz CT molecular complexity index is 545. The van der Waals surface area contributed by atoms with Crippen molar-refractivity contribution in [2.24, 2.45) is 0 Å². The normalized spacial score (nSPS) is 10.9. The molecule has 0 heterocycles. The number of carbonyl (C=O) groups excluding carboxylic acids is 2. The first kappa shape index (κ1) is 15.7. The van der Waals surface area contributed by atoms with Gasteiger partial charge in [-0.2, -0.15) is 0 Å². The zero-order chi connectivity index (χ0) is 15.0. The Morgan fingerprint density at radius 3 is 2.70 bits per heavy atom. The second-order valence-electron chi connectivity index (χ2n) is 4.29. The van der Waals surface area contributed by atoms with Crippen LogP contribution in [0, 0.1) is 13.8 Å². The van der Waals surface area contributed by atoms with Crippen LogP contribution in [0.25, 0.3) is 0 Å². The lowest BCUT2D eigenvalue weighted by Crippen LogP contribution is -2.20. The molecule has 0 bridgehead atoms. The summed E-state index contributed by atoms with van der Waals surface area (Å²) in [7, 11) is 0. The van der Waals surface area contributed by atoms with Crippen molar-refractivity contribution in [3.05, 3.63) is 53.6 Å². The smallest absolute Gasteiger partial charge is 0.331 e. The summed E-state index contributed by atoms with van der Waals surface area (Å²) in [5.41, 5.74) is 2.82. The van der Waals surface area contributed by atoms with Gasteiger partial charge in [0.05, 0.1) is 0 Å². The van der Waals surface area contributed by atoms with Crippen LogP contribution in [-0.4, -0.2) is 18.5 Å². The maximum absolute atomic E-state index is 11.7. The van der Waals surface area contributed by atoms with E-state index in [-0.39, 0.29) is 12.5 Å². The van der Waals surface area contributed by atoms with Gasteiger partial charge in [-0.1, -0.05) is 30.4 Å². The largest absolute Gasteiger partial charge is 0.452 e. The van der Waals surface area contributed by atoms with E-state index >= 15 is 0 Å². The molecule has 0 aromatic heterocycles. The van der Waals surface area contributed by atoms with Gasteiger partial charge >= 0.3 is 5.97 Å². The molecule has 1 rings (SSSR count). The highest BCUT2D eigenvalue weighted by atomic mass is 16.5. The predicted molar refractivity (Wildman–Crippen MR) is 79.5 cm³/mol. The molecule has 0 spiro atoms. The fourth-order valence-electron chi connectivity index (χ4n) is 1.50. The van der Waals surface area contributed by atoms with Crippen LogP contribution in [0.15, 0.2) is 42.5 Å². The summed E-state index contributed by atoms with van der Waals surface area (Å²) in [5, 5.41) is 2.72. The molecule has 106 valence electrons. The lowest BCUT2D eigenvalue weighted by atomic mass is 10.1. The molecule has 0 atom stereocenters. The monoisotopic (exact) mass is 273 g/mol. The number of aryl methyl sites for hydroxylation is 1. The summed E-state index contributed by atoms with van der Waals surface area (Å²) in [4.78, 5) is 23.0. The zero-order valence-corrected chi connectivity index (χ0v) is 12.0. The van der Waals surface area contributed by atoms with E-state index in [0.717, 1.165) is 16.8 Å². The summed E-state index contributed by atoms with van der Waals surface area (Å²) in [6.45, 7) is 5.44. The predicted octanol–water partition coefficient (Wildman–Crippen LogP) is 2.92. The third-order valence-electron chi connectivity index (χ3n) is 2.76. The number of benzene rings is 1. The fraction of sp³-hybridized carbons (Fsp3) is 0.250. The number of amides is 1. The number of hydrogen-bond acceptors (Lipinski definition) is 3. The van der Waals surface area contributed by atoms with Gasteiger partial charge in [0.1, 0.15) is 0 Å². The van der Waals surface area contributed by atoms with E-state index in [0.29, 0.717) is 0 Å². The molecule has 0 saturated carbocycles. The first-order valence-electron chi connectivity index (χ1n) is 6.36.